The number of rotatable bonds is 5. The normalized spacial score (nSPS) is 10.6. The van der Waals surface area contributed by atoms with Gasteiger partial charge in [0.05, 0.1) is 11.4 Å². The lowest BCUT2D eigenvalue weighted by molar-refractivity contribution is 0.104. The predicted molar refractivity (Wildman–Crippen MR) is 129 cm³/mol. The summed E-state index contributed by atoms with van der Waals surface area (Å²) in [5, 5.41) is 9.53. The summed E-state index contributed by atoms with van der Waals surface area (Å²) in [5.41, 5.74) is 4.29. The Kier molecular flexibility index (Phi) is 7.24. The van der Waals surface area contributed by atoms with Crippen molar-refractivity contribution < 1.29 is 9.90 Å². The zero-order chi connectivity index (χ0) is 23.1. The topological polar surface area (TPSA) is 75.1 Å². The van der Waals surface area contributed by atoms with Gasteiger partial charge in [-0.2, -0.15) is 0 Å². The van der Waals surface area contributed by atoms with Gasteiger partial charge in [0.25, 0.3) is 0 Å². The quantitative estimate of drug-likeness (QED) is 0.314. The number of carbonyl (C=O) groups excluding carboxylic acids is 1. The minimum Gasteiger partial charge on any atom is -0.508 e. The van der Waals surface area contributed by atoms with Gasteiger partial charge in [-0.05, 0) is 48.4 Å². The van der Waals surface area contributed by atoms with Crippen molar-refractivity contribution in [2.24, 2.45) is 0 Å². The van der Waals surface area contributed by atoms with Gasteiger partial charge >= 0.3 is 5.69 Å². The molecule has 0 fully saturated rings. The summed E-state index contributed by atoms with van der Waals surface area (Å²) in [7, 11) is 0. The van der Waals surface area contributed by atoms with Crippen molar-refractivity contribution in [1.82, 2.24) is 9.55 Å². The predicted octanol–water partition coefficient (Wildman–Crippen LogP) is 5.77. The smallest absolute Gasteiger partial charge is 0.330 e. The van der Waals surface area contributed by atoms with Gasteiger partial charge in [0.15, 0.2) is 5.78 Å². The molecule has 0 saturated carbocycles. The number of hydrogen-bond acceptors (Lipinski definition) is 3. The summed E-state index contributed by atoms with van der Waals surface area (Å²) in [6.07, 6.45) is 4.83. The lowest BCUT2D eigenvalue weighted by atomic mass is 10.1. The molecule has 5 heteroatoms. The van der Waals surface area contributed by atoms with E-state index >= 15 is 0 Å². The standard InChI is InChI=1S/C25H20N2O3.C2H6/c1-17-8-11-19(12-9-17)23-16-27(25(30)26-23)21-6-3-5-20(15-21)24(29)13-10-18-4-2-7-22(28)14-18;1-2/h2-16,28H,1H3,(H,26,30);1-2H3/b13-10+;. The second kappa shape index (κ2) is 10.3. The fraction of sp³-hybridized carbons (Fsp3) is 0.111. The molecule has 0 atom stereocenters. The maximum absolute atomic E-state index is 12.6. The van der Waals surface area contributed by atoms with Gasteiger partial charge in [0.2, 0.25) is 0 Å². The van der Waals surface area contributed by atoms with E-state index in [1.54, 1.807) is 60.8 Å². The van der Waals surface area contributed by atoms with Crippen molar-refractivity contribution in [1.29, 1.82) is 0 Å². The molecule has 0 unspecified atom stereocenters. The van der Waals surface area contributed by atoms with E-state index in [-0.39, 0.29) is 17.2 Å². The highest BCUT2D eigenvalue weighted by Gasteiger charge is 2.09. The third-order valence-electron chi connectivity index (χ3n) is 4.79. The molecule has 0 spiro atoms. The highest BCUT2D eigenvalue weighted by Crippen LogP contribution is 2.19. The molecule has 0 amide bonds. The van der Waals surface area contributed by atoms with Gasteiger partial charge in [-0.25, -0.2) is 4.79 Å². The molecule has 162 valence electrons. The van der Waals surface area contributed by atoms with Crippen LogP contribution in [-0.4, -0.2) is 20.4 Å². The summed E-state index contributed by atoms with van der Waals surface area (Å²) in [6.45, 7) is 6.01. The summed E-state index contributed by atoms with van der Waals surface area (Å²) in [6, 6.07) is 21.5. The second-order valence-electron chi connectivity index (χ2n) is 7.05. The number of nitrogens with one attached hydrogen (secondary N) is 1. The van der Waals surface area contributed by atoms with Gasteiger partial charge in [-0.1, -0.05) is 74.0 Å². The van der Waals surface area contributed by atoms with E-state index in [2.05, 4.69) is 4.98 Å². The Balaban J connectivity index is 0.00000141. The fourth-order valence-electron chi connectivity index (χ4n) is 3.17. The van der Waals surface area contributed by atoms with Crippen LogP contribution in [-0.2, 0) is 0 Å². The van der Waals surface area contributed by atoms with Crippen LogP contribution < -0.4 is 5.69 Å². The number of aromatic nitrogens is 2. The molecule has 0 bridgehead atoms. The number of phenolic OH excluding ortho intramolecular Hbond substituents is 1. The molecular weight excluding hydrogens is 400 g/mol. The number of aromatic amines is 1. The molecule has 4 aromatic rings. The van der Waals surface area contributed by atoms with Crippen LogP contribution in [0.4, 0.5) is 0 Å². The Bertz CT molecular complexity index is 1290. The molecule has 0 aliphatic heterocycles. The number of aryl methyl sites for hydroxylation is 1. The number of imidazole rings is 1. The van der Waals surface area contributed by atoms with E-state index in [9.17, 15) is 14.7 Å². The number of hydrogen-bond donors (Lipinski definition) is 2. The van der Waals surface area contributed by atoms with Crippen LogP contribution >= 0.6 is 0 Å². The molecule has 0 aliphatic rings. The van der Waals surface area contributed by atoms with E-state index in [1.807, 2.05) is 45.0 Å². The summed E-state index contributed by atoms with van der Waals surface area (Å²) in [4.78, 5) is 27.9. The average molecular weight is 427 g/mol. The maximum Gasteiger partial charge on any atom is 0.330 e. The van der Waals surface area contributed by atoms with Crippen LogP contribution in [0, 0.1) is 6.92 Å². The molecule has 5 nitrogen and oxygen atoms in total. The molecule has 0 saturated heterocycles. The Morgan fingerprint density at radius 2 is 1.69 bits per heavy atom. The lowest BCUT2D eigenvalue weighted by Crippen LogP contribution is -2.14. The highest BCUT2D eigenvalue weighted by molar-refractivity contribution is 6.07. The summed E-state index contributed by atoms with van der Waals surface area (Å²) >= 11 is 0. The molecule has 1 heterocycles. The van der Waals surface area contributed by atoms with E-state index < -0.39 is 0 Å². The average Bonchev–Trinajstić information content (AvgIpc) is 3.21. The molecule has 32 heavy (non-hydrogen) atoms. The SMILES string of the molecule is CC.Cc1ccc(-c2cn(-c3cccc(C(=O)/C=C/c4cccc(O)c4)c3)c(=O)[nH]2)cc1. The molecule has 2 N–H and O–H groups in total. The second-order valence-corrected chi connectivity index (χ2v) is 7.05. The fourth-order valence-corrected chi connectivity index (χ4v) is 3.17. The van der Waals surface area contributed by atoms with Crippen LogP contribution in [0.1, 0.15) is 35.3 Å². The van der Waals surface area contributed by atoms with Crippen LogP contribution in [0.25, 0.3) is 23.0 Å². The minimum absolute atomic E-state index is 0.141. The van der Waals surface area contributed by atoms with E-state index in [0.29, 0.717) is 16.9 Å². The molecule has 0 aliphatic carbocycles. The first-order valence-corrected chi connectivity index (χ1v) is 10.5. The number of allylic oxidation sites excluding steroid dienone is 1. The number of H-pyrrole nitrogens is 1. The monoisotopic (exact) mass is 426 g/mol. The van der Waals surface area contributed by atoms with Crippen molar-refractivity contribution in [2.75, 3.05) is 0 Å². The van der Waals surface area contributed by atoms with Crippen LogP contribution in [0.5, 0.6) is 5.75 Å². The third kappa shape index (κ3) is 5.32. The molecule has 0 radical (unpaired) electrons. The third-order valence-corrected chi connectivity index (χ3v) is 4.79. The van der Waals surface area contributed by atoms with Crippen molar-refractivity contribution in [3.05, 3.63) is 112 Å². The largest absolute Gasteiger partial charge is 0.508 e. The van der Waals surface area contributed by atoms with Gasteiger partial charge in [-0.15, -0.1) is 0 Å². The van der Waals surface area contributed by atoms with Crippen LogP contribution in [0.2, 0.25) is 0 Å². The summed E-state index contributed by atoms with van der Waals surface area (Å²) in [5.74, 6) is -0.0506. The Labute approximate surface area is 187 Å². The number of aromatic hydroxyl groups is 1. The summed E-state index contributed by atoms with van der Waals surface area (Å²) < 4.78 is 1.49. The van der Waals surface area contributed by atoms with Crippen molar-refractivity contribution in [3.63, 3.8) is 0 Å². The molecule has 3 aromatic carbocycles. The van der Waals surface area contributed by atoms with Gasteiger partial charge in [-0.3, -0.25) is 9.36 Å². The van der Waals surface area contributed by atoms with Crippen LogP contribution in [0.3, 0.4) is 0 Å². The number of phenols is 1. The first-order valence-electron chi connectivity index (χ1n) is 10.5. The van der Waals surface area contributed by atoms with Crippen molar-refractivity contribution >= 4 is 11.9 Å². The zero-order valence-electron chi connectivity index (χ0n) is 18.4. The lowest BCUT2D eigenvalue weighted by Gasteiger charge is -2.03. The van der Waals surface area contributed by atoms with Crippen LogP contribution in [0.15, 0.2) is 89.9 Å². The minimum atomic E-state index is -0.273. The molecule has 1 aromatic heterocycles. The van der Waals surface area contributed by atoms with E-state index in [1.165, 1.54) is 10.6 Å². The number of carbonyl (C=O) groups is 1. The zero-order valence-corrected chi connectivity index (χ0v) is 18.4. The van der Waals surface area contributed by atoms with E-state index in [0.717, 1.165) is 16.7 Å². The Morgan fingerprint density at radius 3 is 2.41 bits per heavy atom. The highest BCUT2D eigenvalue weighted by atomic mass is 16.3. The Hall–Kier alpha value is -4.12. The van der Waals surface area contributed by atoms with E-state index in [4.69, 9.17) is 0 Å². The maximum atomic E-state index is 12.6. The molecule has 4 rings (SSSR count). The van der Waals surface area contributed by atoms with Gasteiger partial charge in [0, 0.05) is 11.8 Å². The number of nitrogens with zero attached hydrogens (tertiary/aromatic N) is 1. The van der Waals surface area contributed by atoms with Crippen molar-refractivity contribution in [3.8, 4) is 22.7 Å². The van der Waals surface area contributed by atoms with Gasteiger partial charge in [0.1, 0.15) is 5.75 Å². The number of benzene rings is 3. The first kappa shape index (κ1) is 22.6. The van der Waals surface area contributed by atoms with Crippen molar-refractivity contribution in [2.45, 2.75) is 20.8 Å². The Morgan fingerprint density at radius 1 is 0.969 bits per heavy atom. The van der Waals surface area contributed by atoms with Gasteiger partial charge < -0.3 is 10.1 Å². The number of ketones is 1. The molecular formula is C27H26N2O3. The first-order chi connectivity index (χ1) is 15.5.